The van der Waals surface area contributed by atoms with E-state index >= 15 is 0 Å². The van der Waals surface area contributed by atoms with Crippen LogP contribution in [0.4, 0.5) is 0 Å². The van der Waals surface area contributed by atoms with Crippen LogP contribution in [-0.4, -0.2) is 60.2 Å². The maximum Gasteiger partial charge on any atom is 0.245 e. The van der Waals surface area contributed by atoms with Gasteiger partial charge in [0.1, 0.15) is 10.9 Å². The van der Waals surface area contributed by atoms with Crippen LogP contribution in [0, 0.1) is 0 Å². The fraction of sp³-hybridized carbons (Fsp3) is 0.571. The minimum atomic E-state index is -3.77. The van der Waals surface area contributed by atoms with Crippen molar-refractivity contribution in [3.05, 3.63) is 24.5 Å². The smallest absolute Gasteiger partial charge is 0.245 e. The summed E-state index contributed by atoms with van der Waals surface area (Å²) < 4.78 is 26.7. The lowest BCUT2D eigenvalue weighted by molar-refractivity contribution is -0.134. The zero-order valence-corrected chi connectivity index (χ0v) is 13.7. The molecule has 1 saturated heterocycles. The molecule has 2 rings (SSSR count). The molecule has 1 fully saturated rings. The van der Waals surface area contributed by atoms with Crippen LogP contribution < -0.4 is 5.73 Å². The molecule has 1 aliphatic rings. The van der Waals surface area contributed by atoms with Crippen LogP contribution in [-0.2, 0) is 14.8 Å². The van der Waals surface area contributed by atoms with Gasteiger partial charge in [0.15, 0.2) is 0 Å². The number of hydrogen-bond acceptors (Lipinski definition) is 5. The number of rotatable bonds is 5. The summed E-state index contributed by atoms with van der Waals surface area (Å²) in [5, 5.41) is 0. The minimum Gasteiger partial charge on any atom is -0.342 e. The van der Waals surface area contributed by atoms with Gasteiger partial charge in [0.05, 0.1) is 0 Å². The van der Waals surface area contributed by atoms with Crippen LogP contribution in [0.3, 0.4) is 0 Å². The van der Waals surface area contributed by atoms with E-state index in [1.807, 2.05) is 13.8 Å². The summed E-state index contributed by atoms with van der Waals surface area (Å²) in [6.45, 7) is 4.98. The topological polar surface area (TPSA) is 96.6 Å². The summed E-state index contributed by atoms with van der Waals surface area (Å²) in [5.41, 5.74) is 5.92. The summed E-state index contributed by atoms with van der Waals surface area (Å²) >= 11 is 0. The number of carbonyl (C=O) groups is 1. The highest BCUT2D eigenvalue weighted by Crippen LogP contribution is 2.26. The van der Waals surface area contributed by atoms with Gasteiger partial charge in [-0.2, -0.15) is 4.31 Å². The highest BCUT2D eigenvalue weighted by molar-refractivity contribution is 7.89. The average molecular weight is 326 g/mol. The van der Waals surface area contributed by atoms with Crippen molar-refractivity contribution in [1.29, 1.82) is 0 Å². The lowest BCUT2D eigenvalue weighted by atomic mass is 10.1. The Labute approximate surface area is 131 Å². The van der Waals surface area contributed by atoms with Crippen molar-refractivity contribution in [3.8, 4) is 0 Å². The van der Waals surface area contributed by atoms with Gasteiger partial charge in [0.25, 0.3) is 0 Å². The molecule has 2 N–H and O–H groups in total. The Morgan fingerprint density at radius 3 is 2.68 bits per heavy atom. The number of nitrogens with two attached hydrogens (primary N) is 1. The maximum absolute atomic E-state index is 12.8. The van der Waals surface area contributed by atoms with Gasteiger partial charge >= 0.3 is 0 Å². The molecule has 0 unspecified atom stereocenters. The molecule has 1 aliphatic heterocycles. The Bertz CT molecular complexity index is 616. The van der Waals surface area contributed by atoms with E-state index in [1.54, 1.807) is 11.0 Å². The molecular formula is C14H22N4O3S. The standard InChI is InChI=1S/C14H22N4O3S/c1-3-17(4-2)14(19)13-8-11(15)10-18(13)22(20,21)12-6-5-7-16-9-12/h5-7,9,11,13H,3-4,8,10,15H2,1-2H3/t11-,13+/m1/s1. The molecule has 8 heteroatoms. The molecule has 2 heterocycles. The number of sulfonamides is 1. The predicted molar refractivity (Wildman–Crippen MR) is 82.4 cm³/mol. The van der Waals surface area contributed by atoms with E-state index in [1.165, 1.54) is 22.8 Å². The first-order valence-electron chi connectivity index (χ1n) is 7.38. The van der Waals surface area contributed by atoms with Crippen molar-refractivity contribution < 1.29 is 13.2 Å². The van der Waals surface area contributed by atoms with E-state index in [-0.39, 0.29) is 23.4 Å². The summed E-state index contributed by atoms with van der Waals surface area (Å²) in [6, 6.07) is 1.96. The molecular weight excluding hydrogens is 304 g/mol. The van der Waals surface area contributed by atoms with Gasteiger partial charge < -0.3 is 10.6 Å². The van der Waals surface area contributed by atoms with Gasteiger partial charge in [-0.25, -0.2) is 8.42 Å². The molecule has 0 aromatic carbocycles. The van der Waals surface area contributed by atoms with Crippen LogP contribution >= 0.6 is 0 Å². The lowest BCUT2D eigenvalue weighted by Crippen LogP contribution is -2.47. The first-order valence-corrected chi connectivity index (χ1v) is 8.82. The molecule has 0 aliphatic carbocycles. The van der Waals surface area contributed by atoms with Crippen molar-refractivity contribution in [2.24, 2.45) is 5.73 Å². The second-order valence-corrected chi connectivity index (χ2v) is 7.18. The number of pyridine rings is 1. The zero-order valence-electron chi connectivity index (χ0n) is 12.8. The van der Waals surface area contributed by atoms with E-state index in [0.717, 1.165) is 0 Å². The molecule has 2 atom stereocenters. The number of hydrogen-bond donors (Lipinski definition) is 1. The highest BCUT2D eigenvalue weighted by atomic mass is 32.2. The second kappa shape index (κ2) is 6.72. The first kappa shape index (κ1) is 16.9. The van der Waals surface area contributed by atoms with Crippen molar-refractivity contribution in [2.75, 3.05) is 19.6 Å². The number of aromatic nitrogens is 1. The maximum atomic E-state index is 12.8. The van der Waals surface area contributed by atoms with E-state index in [0.29, 0.717) is 19.5 Å². The monoisotopic (exact) mass is 326 g/mol. The number of amides is 1. The zero-order chi connectivity index (χ0) is 16.3. The van der Waals surface area contributed by atoms with Gasteiger partial charge in [-0.05, 0) is 32.4 Å². The van der Waals surface area contributed by atoms with E-state index in [9.17, 15) is 13.2 Å². The summed E-state index contributed by atoms with van der Waals surface area (Å²) in [6.07, 6.45) is 3.14. The summed E-state index contributed by atoms with van der Waals surface area (Å²) in [7, 11) is -3.77. The third-order valence-electron chi connectivity index (χ3n) is 3.89. The fourth-order valence-electron chi connectivity index (χ4n) is 2.71. The van der Waals surface area contributed by atoms with Gasteiger partial charge in [-0.15, -0.1) is 0 Å². The second-order valence-electron chi connectivity index (χ2n) is 5.29. The SMILES string of the molecule is CCN(CC)C(=O)[C@@H]1C[C@@H](N)CN1S(=O)(=O)c1cccnc1. The van der Waals surface area contributed by atoms with E-state index in [4.69, 9.17) is 5.73 Å². The largest absolute Gasteiger partial charge is 0.342 e. The third kappa shape index (κ3) is 3.13. The molecule has 1 amide bonds. The van der Waals surface area contributed by atoms with Crippen LogP contribution in [0.5, 0.6) is 0 Å². The molecule has 0 radical (unpaired) electrons. The van der Waals surface area contributed by atoms with Gasteiger partial charge in [-0.1, -0.05) is 0 Å². The molecule has 22 heavy (non-hydrogen) atoms. The molecule has 0 bridgehead atoms. The van der Waals surface area contributed by atoms with Crippen LogP contribution in [0.1, 0.15) is 20.3 Å². The van der Waals surface area contributed by atoms with Crippen molar-refractivity contribution >= 4 is 15.9 Å². The van der Waals surface area contributed by atoms with Crippen LogP contribution in [0.2, 0.25) is 0 Å². The van der Waals surface area contributed by atoms with Crippen molar-refractivity contribution in [1.82, 2.24) is 14.2 Å². The predicted octanol–water partition coefficient (Wildman–Crippen LogP) is 0.0403. The molecule has 1 aromatic rings. The Morgan fingerprint density at radius 2 is 2.14 bits per heavy atom. The summed E-state index contributed by atoms with van der Waals surface area (Å²) in [4.78, 5) is 18.2. The van der Waals surface area contributed by atoms with Crippen molar-refractivity contribution in [3.63, 3.8) is 0 Å². The third-order valence-corrected chi connectivity index (χ3v) is 5.75. The molecule has 1 aromatic heterocycles. The molecule has 122 valence electrons. The van der Waals surface area contributed by atoms with Crippen LogP contribution in [0.15, 0.2) is 29.4 Å². The Hall–Kier alpha value is -1.51. The summed E-state index contributed by atoms with van der Waals surface area (Å²) in [5.74, 6) is -0.189. The Morgan fingerprint density at radius 1 is 1.45 bits per heavy atom. The van der Waals surface area contributed by atoms with Gasteiger partial charge in [0.2, 0.25) is 15.9 Å². The van der Waals surface area contributed by atoms with E-state index < -0.39 is 16.1 Å². The normalized spacial score (nSPS) is 22.7. The average Bonchev–Trinajstić information content (AvgIpc) is 2.92. The first-order chi connectivity index (χ1) is 10.4. The number of nitrogens with zero attached hydrogens (tertiary/aromatic N) is 3. The lowest BCUT2D eigenvalue weighted by Gasteiger charge is -2.28. The van der Waals surface area contributed by atoms with E-state index in [2.05, 4.69) is 4.98 Å². The van der Waals surface area contributed by atoms with Crippen LogP contribution in [0.25, 0.3) is 0 Å². The Balaban J connectivity index is 2.34. The molecule has 0 saturated carbocycles. The number of likely N-dealkylation sites (N-methyl/N-ethyl adjacent to an activating group) is 1. The van der Waals surface area contributed by atoms with Gasteiger partial charge in [0, 0.05) is 38.1 Å². The van der Waals surface area contributed by atoms with Gasteiger partial charge in [-0.3, -0.25) is 9.78 Å². The molecule has 7 nitrogen and oxygen atoms in total. The Kier molecular flexibility index (Phi) is 5.15. The quantitative estimate of drug-likeness (QED) is 0.824. The minimum absolute atomic E-state index is 0.0847. The fourth-order valence-corrected chi connectivity index (χ4v) is 4.32. The highest BCUT2D eigenvalue weighted by Gasteiger charge is 2.43. The van der Waals surface area contributed by atoms with Crippen molar-refractivity contribution in [2.45, 2.75) is 37.2 Å². The number of carbonyl (C=O) groups excluding carboxylic acids is 1. The molecule has 0 spiro atoms.